The standard InChI is InChI=1S/C34H35Cl2N3O4S/c1-3-25(2)37-34(41)32(22-26-12-6-4-7-13-26)38(23-27-14-10-11-17-31(27)36)33(40)24-39(29-15-8-5-9-16-29)44(42,43)30-20-18-28(35)19-21-30/h4-21,25,32H,3,22-24H2,1-2H3,(H,37,41). The number of carbonyl (C=O) groups is 2. The van der Waals surface area contributed by atoms with Gasteiger partial charge in [0.2, 0.25) is 11.8 Å². The number of para-hydroxylation sites is 1. The third kappa shape index (κ3) is 8.40. The zero-order valence-corrected chi connectivity index (χ0v) is 26.9. The highest BCUT2D eigenvalue weighted by molar-refractivity contribution is 7.92. The van der Waals surface area contributed by atoms with Crippen molar-refractivity contribution in [1.82, 2.24) is 10.2 Å². The van der Waals surface area contributed by atoms with E-state index in [1.807, 2.05) is 44.2 Å². The fraction of sp³-hybridized carbons (Fsp3) is 0.235. The Morgan fingerprint density at radius 1 is 0.818 bits per heavy atom. The first-order chi connectivity index (χ1) is 21.1. The van der Waals surface area contributed by atoms with Gasteiger partial charge in [0, 0.05) is 29.1 Å². The van der Waals surface area contributed by atoms with Gasteiger partial charge in [-0.2, -0.15) is 0 Å². The van der Waals surface area contributed by atoms with Crippen molar-refractivity contribution in [3.63, 3.8) is 0 Å². The Kier molecular flexibility index (Phi) is 11.4. The monoisotopic (exact) mass is 651 g/mol. The van der Waals surface area contributed by atoms with Gasteiger partial charge in [0.25, 0.3) is 10.0 Å². The van der Waals surface area contributed by atoms with E-state index in [0.29, 0.717) is 27.7 Å². The molecule has 4 aromatic carbocycles. The second-order valence-electron chi connectivity index (χ2n) is 10.4. The molecule has 0 bridgehead atoms. The molecule has 0 heterocycles. The lowest BCUT2D eigenvalue weighted by Crippen LogP contribution is -2.54. The summed E-state index contributed by atoms with van der Waals surface area (Å²) in [5, 5.41) is 3.83. The van der Waals surface area contributed by atoms with E-state index in [9.17, 15) is 18.0 Å². The topological polar surface area (TPSA) is 86.8 Å². The molecule has 4 rings (SSSR count). The van der Waals surface area contributed by atoms with Crippen LogP contribution in [0.3, 0.4) is 0 Å². The summed E-state index contributed by atoms with van der Waals surface area (Å²) in [5.41, 5.74) is 1.78. The molecule has 2 amide bonds. The third-order valence-electron chi connectivity index (χ3n) is 7.30. The fourth-order valence-corrected chi connectivity index (χ4v) is 6.40. The lowest BCUT2D eigenvalue weighted by molar-refractivity contribution is -0.140. The van der Waals surface area contributed by atoms with Crippen molar-refractivity contribution in [2.75, 3.05) is 10.8 Å². The van der Waals surface area contributed by atoms with Gasteiger partial charge >= 0.3 is 0 Å². The van der Waals surface area contributed by atoms with Crippen LogP contribution in [0.2, 0.25) is 10.0 Å². The van der Waals surface area contributed by atoms with Crippen molar-refractivity contribution in [3.05, 3.63) is 130 Å². The molecule has 44 heavy (non-hydrogen) atoms. The number of rotatable bonds is 13. The Morgan fingerprint density at radius 3 is 2.02 bits per heavy atom. The van der Waals surface area contributed by atoms with Gasteiger partial charge in [-0.15, -0.1) is 0 Å². The van der Waals surface area contributed by atoms with Crippen LogP contribution in [0.15, 0.2) is 114 Å². The Hall–Kier alpha value is -3.85. The Morgan fingerprint density at radius 2 is 1.41 bits per heavy atom. The van der Waals surface area contributed by atoms with Crippen molar-refractivity contribution in [3.8, 4) is 0 Å². The maximum absolute atomic E-state index is 14.4. The number of anilines is 1. The molecule has 0 spiro atoms. The van der Waals surface area contributed by atoms with Crippen LogP contribution in [-0.2, 0) is 32.6 Å². The largest absolute Gasteiger partial charge is 0.352 e. The summed E-state index contributed by atoms with van der Waals surface area (Å²) >= 11 is 12.6. The summed E-state index contributed by atoms with van der Waals surface area (Å²) in [7, 11) is -4.21. The minimum atomic E-state index is -4.21. The van der Waals surface area contributed by atoms with Crippen molar-refractivity contribution < 1.29 is 18.0 Å². The zero-order chi connectivity index (χ0) is 31.7. The molecule has 0 fully saturated rings. The number of sulfonamides is 1. The molecule has 2 atom stereocenters. The van der Waals surface area contributed by atoms with Crippen LogP contribution in [0.1, 0.15) is 31.4 Å². The smallest absolute Gasteiger partial charge is 0.264 e. The highest BCUT2D eigenvalue weighted by atomic mass is 35.5. The average molecular weight is 653 g/mol. The Labute approximate surface area is 269 Å². The van der Waals surface area contributed by atoms with Crippen molar-refractivity contribution >= 4 is 50.7 Å². The molecule has 0 aliphatic carbocycles. The second kappa shape index (κ2) is 15.2. The number of nitrogens with zero attached hydrogens (tertiary/aromatic N) is 2. The van der Waals surface area contributed by atoms with Crippen molar-refractivity contribution in [2.45, 2.75) is 50.2 Å². The molecule has 0 aromatic heterocycles. The summed E-state index contributed by atoms with van der Waals surface area (Å²) in [6.45, 7) is 3.30. The molecule has 4 aromatic rings. The predicted molar refractivity (Wildman–Crippen MR) is 176 cm³/mol. The highest BCUT2D eigenvalue weighted by Gasteiger charge is 2.35. The van der Waals surface area contributed by atoms with Crippen LogP contribution >= 0.6 is 23.2 Å². The third-order valence-corrected chi connectivity index (χ3v) is 9.70. The molecular weight excluding hydrogens is 617 g/mol. The molecule has 230 valence electrons. The Bertz CT molecular complexity index is 1650. The van der Waals surface area contributed by atoms with E-state index in [1.165, 1.54) is 29.2 Å². The van der Waals surface area contributed by atoms with E-state index < -0.39 is 28.5 Å². The first kappa shape index (κ1) is 33.1. The molecule has 0 aliphatic heterocycles. The van der Waals surface area contributed by atoms with E-state index in [-0.39, 0.29) is 29.8 Å². The minimum Gasteiger partial charge on any atom is -0.352 e. The van der Waals surface area contributed by atoms with Crippen LogP contribution in [0.5, 0.6) is 0 Å². The van der Waals surface area contributed by atoms with Gasteiger partial charge in [0.1, 0.15) is 12.6 Å². The zero-order valence-electron chi connectivity index (χ0n) is 24.6. The van der Waals surface area contributed by atoms with E-state index in [4.69, 9.17) is 23.2 Å². The highest BCUT2D eigenvalue weighted by Crippen LogP contribution is 2.26. The molecule has 0 radical (unpaired) electrons. The molecule has 7 nitrogen and oxygen atoms in total. The number of benzene rings is 4. The molecule has 1 N–H and O–H groups in total. The van der Waals surface area contributed by atoms with Gasteiger partial charge in [0.15, 0.2) is 0 Å². The first-order valence-corrected chi connectivity index (χ1v) is 16.5. The minimum absolute atomic E-state index is 0.00639. The number of halogens is 2. The lowest BCUT2D eigenvalue weighted by Gasteiger charge is -2.34. The van der Waals surface area contributed by atoms with Crippen molar-refractivity contribution in [2.24, 2.45) is 0 Å². The first-order valence-electron chi connectivity index (χ1n) is 14.3. The van der Waals surface area contributed by atoms with Gasteiger partial charge in [0.05, 0.1) is 10.6 Å². The van der Waals surface area contributed by atoms with Gasteiger partial charge in [-0.1, -0.05) is 96.9 Å². The van der Waals surface area contributed by atoms with Crippen LogP contribution in [0.4, 0.5) is 5.69 Å². The van der Waals surface area contributed by atoms with E-state index >= 15 is 0 Å². The van der Waals surface area contributed by atoms with Gasteiger partial charge in [-0.05, 0) is 66.9 Å². The van der Waals surface area contributed by atoms with Crippen LogP contribution in [0, 0.1) is 0 Å². The van der Waals surface area contributed by atoms with E-state index in [1.54, 1.807) is 54.6 Å². The molecule has 0 saturated heterocycles. The molecule has 10 heteroatoms. The van der Waals surface area contributed by atoms with Gasteiger partial charge in [-0.3, -0.25) is 13.9 Å². The second-order valence-corrected chi connectivity index (χ2v) is 13.1. The SMILES string of the molecule is CCC(C)NC(=O)C(Cc1ccccc1)N(Cc1ccccc1Cl)C(=O)CN(c1ccccc1)S(=O)(=O)c1ccc(Cl)cc1. The van der Waals surface area contributed by atoms with E-state index in [0.717, 1.165) is 9.87 Å². The summed E-state index contributed by atoms with van der Waals surface area (Å²) in [5.74, 6) is -0.901. The van der Waals surface area contributed by atoms with Crippen LogP contribution < -0.4 is 9.62 Å². The summed E-state index contributed by atoms with van der Waals surface area (Å²) in [6, 6.07) is 29.6. The number of hydrogen-bond donors (Lipinski definition) is 1. The average Bonchev–Trinajstić information content (AvgIpc) is 3.03. The number of hydrogen-bond acceptors (Lipinski definition) is 4. The molecular formula is C34H35Cl2N3O4S. The van der Waals surface area contributed by atoms with Gasteiger partial charge in [-0.25, -0.2) is 8.42 Å². The molecule has 0 aliphatic rings. The van der Waals surface area contributed by atoms with Gasteiger partial charge < -0.3 is 10.2 Å². The van der Waals surface area contributed by atoms with Crippen molar-refractivity contribution in [1.29, 1.82) is 0 Å². The lowest BCUT2D eigenvalue weighted by atomic mass is 10.0. The number of carbonyl (C=O) groups excluding carboxylic acids is 2. The molecule has 0 saturated carbocycles. The Balaban J connectivity index is 1.80. The summed E-state index contributed by atoms with van der Waals surface area (Å²) in [4.78, 5) is 29.7. The maximum Gasteiger partial charge on any atom is 0.264 e. The quantitative estimate of drug-likeness (QED) is 0.173. The fourth-order valence-electron chi connectivity index (χ4n) is 4.66. The van der Waals surface area contributed by atoms with E-state index in [2.05, 4.69) is 5.32 Å². The number of amides is 2. The number of nitrogens with one attached hydrogen (secondary N) is 1. The van der Waals surface area contributed by atoms with Crippen LogP contribution in [0.25, 0.3) is 0 Å². The van der Waals surface area contributed by atoms with Crippen LogP contribution in [-0.4, -0.2) is 43.8 Å². The maximum atomic E-state index is 14.4. The summed E-state index contributed by atoms with van der Waals surface area (Å²) < 4.78 is 29.1. The summed E-state index contributed by atoms with van der Waals surface area (Å²) in [6.07, 6.45) is 0.915. The normalized spacial score (nSPS) is 12.6. The predicted octanol–water partition coefficient (Wildman–Crippen LogP) is 6.74. The molecule has 2 unspecified atom stereocenters.